The Morgan fingerprint density at radius 1 is 1.29 bits per heavy atom. The normalized spacial score (nSPS) is 17.0. The van der Waals surface area contributed by atoms with Gasteiger partial charge < -0.3 is 10.0 Å². The van der Waals surface area contributed by atoms with Crippen molar-refractivity contribution in [1.29, 1.82) is 0 Å². The van der Waals surface area contributed by atoms with Crippen molar-refractivity contribution in [1.82, 2.24) is 9.80 Å². The van der Waals surface area contributed by atoms with Gasteiger partial charge in [0.25, 0.3) is 0 Å². The predicted octanol–water partition coefficient (Wildman–Crippen LogP) is 3.08. The molecule has 1 saturated heterocycles. The Bertz CT molecular complexity index is 557. The number of carbonyl (C=O) groups is 2. The number of likely N-dealkylation sites (tertiary alicyclic amines) is 1. The number of rotatable bonds is 5. The van der Waals surface area contributed by atoms with Gasteiger partial charge in [-0.3, -0.25) is 14.5 Å². The molecule has 2 rings (SSSR count). The third-order valence-electron chi connectivity index (χ3n) is 4.62. The molecule has 0 aromatic heterocycles. The van der Waals surface area contributed by atoms with Crippen LogP contribution in [-0.2, 0) is 9.59 Å². The van der Waals surface area contributed by atoms with E-state index >= 15 is 0 Å². The van der Waals surface area contributed by atoms with Crippen LogP contribution in [0.2, 0.25) is 5.02 Å². The summed E-state index contributed by atoms with van der Waals surface area (Å²) in [5.41, 5.74) is 1.04. The fourth-order valence-electron chi connectivity index (χ4n) is 2.82. The number of hydrogen-bond donors (Lipinski definition) is 1. The van der Waals surface area contributed by atoms with Crippen LogP contribution in [0.25, 0.3) is 0 Å². The fourth-order valence-corrected chi connectivity index (χ4v) is 2.95. The summed E-state index contributed by atoms with van der Waals surface area (Å²) in [6.07, 6.45) is 1.22. The summed E-state index contributed by atoms with van der Waals surface area (Å²) in [7, 11) is 1.80. The SMILES string of the molecule is CC(c1ccc(Cl)cc1)N(C)C(=O)CN1CCC(C(=O)O)CC1.Cl. The van der Waals surface area contributed by atoms with Gasteiger partial charge in [-0.05, 0) is 50.6 Å². The second-order valence-electron chi connectivity index (χ2n) is 6.12. The van der Waals surface area contributed by atoms with Crippen LogP contribution in [0.1, 0.15) is 31.4 Å². The number of carbonyl (C=O) groups excluding carboxylic acids is 1. The molecule has 1 N–H and O–H groups in total. The summed E-state index contributed by atoms with van der Waals surface area (Å²) in [6, 6.07) is 7.46. The number of likely N-dealkylation sites (N-methyl/N-ethyl adjacent to an activating group) is 1. The number of benzene rings is 1. The Kier molecular flexibility index (Phi) is 8.00. The fraction of sp³-hybridized carbons (Fsp3) is 0.529. The molecular formula is C17H24Cl2N2O3. The molecule has 0 saturated carbocycles. The number of carboxylic acid groups (broad SMARTS) is 1. The molecule has 1 unspecified atom stereocenters. The number of halogens is 2. The van der Waals surface area contributed by atoms with Gasteiger partial charge in [0.1, 0.15) is 0 Å². The molecule has 5 nitrogen and oxygen atoms in total. The van der Waals surface area contributed by atoms with E-state index in [1.54, 1.807) is 11.9 Å². The predicted molar refractivity (Wildman–Crippen MR) is 96.7 cm³/mol. The lowest BCUT2D eigenvalue weighted by Gasteiger charge is -2.32. The van der Waals surface area contributed by atoms with Crippen molar-refractivity contribution in [3.63, 3.8) is 0 Å². The van der Waals surface area contributed by atoms with Gasteiger partial charge in [-0.25, -0.2) is 0 Å². The molecule has 0 aliphatic carbocycles. The van der Waals surface area contributed by atoms with E-state index in [0.717, 1.165) is 5.56 Å². The van der Waals surface area contributed by atoms with Gasteiger partial charge in [-0.1, -0.05) is 23.7 Å². The van der Waals surface area contributed by atoms with E-state index < -0.39 is 5.97 Å². The van der Waals surface area contributed by atoms with Crippen molar-refractivity contribution < 1.29 is 14.7 Å². The van der Waals surface area contributed by atoms with Crippen molar-refractivity contribution >= 4 is 35.9 Å². The van der Waals surface area contributed by atoms with E-state index in [0.29, 0.717) is 37.5 Å². The first-order valence-electron chi connectivity index (χ1n) is 7.84. The molecule has 1 aliphatic heterocycles. The van der Waals surface area contributed by atoms with E-state index in [1.807, 2.05) is 36.1 Å². The van der Waals surface area contributed by atoms with Crippen molar-refractivity contribution in [3.05, 3.63) is 34.9 Å². The Morgan fingerprint density at radius 3 is 2.33 bits per heavy atom. The van der Waals surface area contributed by atoms with Gasteiger partial charge in [0.05, 0.1) is 18.5 Å². The minimum Gasteiger partial charge on any atom is -0.481 e. The van der Waals surface area contributed by atoms with E-state index in [2.05, 4.69) is 0 Å². The summed E-state index contributed by atoms with van der Waals surface area (Å²) in [4.78, 5) is 27.2. The number of aliphatic carboxylic acids is 1. The number of carboxylic acids is 1. The quantitative estimate of drug-likeness (QED) is 0.859. The zero-order chi connectivity index (χ0) is 17.0. The van der Waals surface area contributed by atoms with Gasteiger partial charge >= 0.3 is 5.97 Å². The standard InChI is InChI=1S/C17H23ClN2O3.ClH/c1-12(13-3-5-15(18)6-4-13)19(2)16(21)11-20-9-7-14(8-10-20)17(22)23;/h3-6,12,14H,7-11H2,1-2H3,(H,22,23);1H. The van der Waals surface area contributed by atoms with E-state index in [1.165, 1.54) is 0 Å². The molecular weight excluding hydrogens is 351 g/mol. The molecule has 1 fully saturated rings. The number of amides is 1. The number of hydrogen-bond acceptors (Lipinski definition) is 3. The average Bonchev–Trinajstić information content (AvgIpc) is 2.54. The lowest BCUT2D eigenvalue weighted by atomic mass is 9.97. The maximum Gasteiger partial charge on any atom is 0.306 e. The summed E-state index contributed by atoms with van der Waals surface area (Å²) in [5.74, 6) is -0.960. The van der Waals surface area contributed by atoms with E-state index in [4.69, 9.17) is 16.7 Å². The largest absolute Gasteiger partial charge is 0.481 e. The summed E-state index contributed by atoms with van der Waals surface area (Å²) in [6.45, 7) is 3.64. The van der Waals surface area contributed by atoms with Gasteiger partial charge in [0.15, 0.2) is 0 Å². The van der Waals surface area contributed by atoms with Crippen molar-refractivity contribution in [2.45, 2.75) is 25.8 Å². The Morgan fingerprint density at radius 2 is 1.83 bits per heavy atom. The maximum atomic E-state index is 12.5. The highest BCUT2D eigenvalue weighted by atomic mass is 35.5. The van der Waals surface area contributed by atoms with Gasteiger partial charge in [0, 0.05) is 12.1 Å². The number of nitrogens with zero attached hydrogens (tertiary/aromatic N) is 2. The first-order chi connectivity index (χ1) is 10.9. The summed E-state index contributed by atoms with van der Waals surface area (Å²) >= 11 is 5.89. The van der Waals surface area contributed by atoms with Crippen molar-refractivity contribution in [2.75, 3.05) is 26.7 Å². The topological polar surface area (TPSA) is 60.9 Å². The van der Waals surface area contributed by atoms with E-state index in [9.17, 15) is 9.59 Å². The molecule has 1 heterocycles. The van der Waals surface area contributed by atoms with Crippen molar-refractivity contribution in [2.24, 2.45) is 5.92 Å². The monoisotopic (exact) mass is 374 g/mol. The molecule has 0 bridgehead atoms. The molecule has 134 valence electrons. The Hall–Kier alpha value is -1.30. The third-order valence-corrected chi connectivity index (χ3v) is 4.87. The summed E-state index contributed by atoms with van der Waals surface area (Å²) in [5, 5.41) is 9.69. The lowest BCUT2D eigenvalue weighted by molar-refractivity contribution is -0.143. The van der Waals surface area contributed by atoms with Gasteiger partial charge in [-0.15, -0.1) is 12.4 Å². The lowest BCUT2D eigenvalue weighted by Crippen LogP contribution is -2.43. The van der Waals surface area contributed by atoms with Crippen LogP contribution >= 0.6 is 24.0 Å². The van der Waals surface area contributed by atoms with Crippen molar-refractivity contribution in [3.8, 4) is 0 Å². The van der Waals surface area contributed by atoms with Gasteiger partial charge in [-0.2, -0.15) is 0 Å². The highest BCUT2D eigenvalue weighted by Crippen LogP contribution is 2.22. The molecule has 24 heavy (non-hydrogen) atoms. The third kappa shape index (κ3) is 5.36. The van der Waals surface area contributed by atoms with Crippen LogP contribution in [-0.4, -0.2) is 53.5 Å². The highest BCUT2D eigenvalue weighted by molar-refractivity contribution is 6.30. The highest BCUT2D eigenvalue weighted by Gasteiger charge is 2.27. The molecule has 1 aliphatic rings. The molecule has 1 aromatic rings. The average molecular weight is 375 g/mol. The molecule has 1 amide bonds. The zero-order valence-corrected chi connectivity index (χ0v) is 15.5. The molecule has 1 atom stereocenters. The molecule has 0 radical (unpaired) electrons. The number of piperidine rings is 1. The van der Waals surface area contributed by atoms with Crippen LogP contribution in [0.5, 0.6) is 0 Å². The second kappa shape index (κ2) is 9.25. The van der Waals surface area contributed by atoms with Crippen LogP contribution in [0.4, 0.5) is 0 Å². The smallest absolute Gasteiger partial charge is 0.306 e. The van der Waals surface area contributed by atoms with Gasteiger partial charge in [0.2, 0.25) is 5.91 Å². The first kappa shape index (κ1) is 20.7. The zero-order valence-electron chi connectivity index (χ0n) is 13.9. The Labute approximate surface area is 154 Å². The second-order valence-corrected chi connectivity index (χ2v) is 6.56. The van der Waals surface area contributed by atoms with Crippen LogP contribution in [0.15, 0.2) is 24.3 Å². The molecule has 7 heteroatoms. The minimum atomic E-state index is -0.732. The molecule has 0 spiro atoms. The Balaban J connectivity index is 0.00000288. The summed E-state index contributed by atoms with van der Waals surface area (Å²) < 4.78 is 0. The van der Waals surface area contributed by atoms with Crippen LogP contribution in [0, 0.1) is 5.92 Å². The molecule has 1 aromatic carbocycles. The van der Waals surface area contributed by atoms with E-state index in [-0.39, 0.29) is 30.3 Å². The first-order valence-corrected chi connectivity index (χ1v) is 8.22. The van der Waals surface area contributed by atoms with Crippen LogP contribution in [0.3, 0.4) is 0 Å². The van der Waals surface area contributed by atoms with Crippen LogP contribution < -0.4 is 0 Å². The minimum absolute atomic E-state index is 0. The maximum absolute atomic E-state index is 12.5.